The molecule has 0 bridgehead atoms. The third-order valence-corrected chi connectivity index (χ3v) is 10.5. The van der Waals surface area contributed by atoms with Gasteiger partial charge in [-0.2, -0.15) is 20.1 Å². The number of ether oxygens (including phenoxy) is 1. The zero-order valence-electron chi connectivity index (χ0n) is 26.9. The minimum atomic E-state index is -0.953. The van der Waals surface area contributed by atoms with Crippen LogP contribution < -0.4 is 15.5 Å². The maximum absolute atomic E-state index is 15.0. The number of hydrogen-bond donors (Lipinski definition) is 0. The van der Waals surface area contributed by atoms with Crippen molar-refractivity contribution >= 4 is 23.1 Å². The molecule has 7 rings (SSSR count). The van der Waals surface area contributed by atoms with Gasteiger partial charge in [0.15, 0.2) is 0 Å². The number of piperazine rings is 1. The molecular weight excluding hydrogens is 649 g/mol. The first-order valence-corrected chi connectivity index (χ1v) is 17.1. The van der Waals surface area contributed by atoms with Gasteiger partial charge in [-0.15, -0.1) is 11.8 Å². The monoisotopic (exact) mass is 683 g/mol. The van der Waals surface area contributed by atoms with Crippen molar-refractivity contribution in [3.05, 3.63) is 113 Å². The number of benzene rings is 3. The highest BCUT2D eigenvalue weighted by molar-refractivity contribution is 7.99. The summed E-state index contributed by atoms with van der Waals surface area (Å²) in [5.74, 6) is -0.263. The molecule has 3 unspecified atom stereocenters. The van der Waals surface area contributed by atoms with Gasteiger partial charge >= 0.3 is 5.69 Å². The molecule has 11 nitrogen and oxygen atoms in total. The Morgan fingerprint density at radius 2 is 1.63 bits per heavy atom. The second-order valence-corrected chi connectivity index (χ2v) is 13.5. The average molecular weight is 684 g/mol. The minimum Gasteiger partial charge on any atom is -0.368 e. The molecule has 252 valence electrons. The van der Waals surface area contributed by atoms with Crippen molar-refractivity contribution in [2.45, 2.75) is 36.4 Å². The number of thioether (sulfide) groups is 1. The number of nitrogens with zero attached hydrogens (tertiary/aromatic N) is 9. The van der Waals surface area contributed by atoms with E-state index >= 15 is 0 Å². The molecule has 0 radical (unpaired) electrons. The lowest BCUT2D eigenvalue weighted by Crippen LogP contribution is -2.46. The number of hydrogen-bond acceptors (Lipinski definition) is 9. The summed E-state index contributed by atoms with van der Waals surface area (Å²) in [6.07, 6.45) is 5.04. The Morgan fingerprint density at radius 1 is 0.959 bits per heavy atom. The molecule has 3 atom stereocenters. The van der Waals surface area contributed by atoms with Crippen molar-refractivity contribution in [3.63, 3.8) is 0 Å². The smallest absolute Gasteiger partial charge is 0.351 e. The van der Waals surface area contributed by atoms with E-state index in [-0.39, 0.29) is 11.6 Å². The van der Waals surface area contributed by atoms with Gasteiger partial charge in [0.25, 0.3) is 0 Å². The summed E-state index contributed by atoms with van der Waals surface area (Å²) in [4.78, 5) is 22.5. The fraction of sp³-hybridized carbons (Fsp3) is 0.343. The van der Waals surface area contributed by atoms with Gasteiger partial charge in [0.05, 0.1) is 24.9 Å². The zero-order valence-corrected chi connectivity index (χ0v) is 27.7. The number of nitriles is 1. The molecule has 2 aliphatic heterocycles. The third kappa shape index (κ3) is 6.81. The normalized spacial score (nSPS) is 20.0. The van der Waals surface area contributed by atoms with Gasteiger partial charge in [-0.05, 0) is 73.9 Å². The Morgan fingerprint density at radius 3 is 2.27 bits per heavy atom. The van der Waals surface area contributed by atoms with E-state index in [1.807, 2.05) is 30.3 Å². The second kappa shape index (κ2) is 13.9. The Balaban J connectivity index is 0.927. The van der Waals surface area contributed by atoms with E-state index in [1.54, 1.807) is 29.7 Å². The summed E-state index contributed by atoms with van der Waals surface area (Å²) in [5.41, 5.74) is 2.01. The lowest BCUT2D eigenvalue weighted by atomic mass is 9.87. The van der Waals surface area contributed by atoms with Crippen molar-refractivity contribution in [2.24, 2.45) is 5.92 Å². The number of rotatable bonds is 10. The van der Waals surface area contributed by atoms with Crippen LogP contribution in [-0.2, 0) is 16.9 Å². The predicted molar refractivity (Wildman–Crippen MR) is 182 cm³/mol. The highest BCUT2D eigenvalue weighted by Crippen LogP contribution is 2.43. The van der Waals surface area contributed by atoms with Crippen LogP contribution in [0.5, 0.6) is 0 Å². The lowest BCUT2D eigenvalue weighted by molar-refractivity contribution is -0.0202. The molecule has 2 saturated heterocycles. The molecule has 4 heterocycles. The van der Waals surface area contributed by atoms with Crippen LogP contribution in [0.15, 0.2) is 95.4 Å². The topological polar surface area (TPSA) is 110 Å². The second-order valence-electron chi connectivity index (χ2n) is 12.4. The van der Waals surface area contributed by atoms with Crippen LogP contribution in [0.4, 0.5) is 20.2 Å². The van der Waals surface area contributed by atoms with E-state index < -0.39 is 23.3 Å². The molecule has 2 aromatic heterocycles. The molecule has 0 N–H and O–H groups in total. The van der Waals surface area contributed by atoms with Gasteiger partial charge in [0.1, 0.15) is 42.3 Å². The van der Waals surface area contributed by atoms with E-state index in [9.17, 15) is 13.6 Å². The van der Waals surface area contributed by atoms with Crippen LogP contribution in [0.1, 0.15) is 24.9 Å². The van der Waals surface area contributed by atoms with E-state index in [2.05, 4.69) is 49.2 Å². The maximum atomic E-state index is 15.0. The van der Waals surface area contributed by atoms with Crippen LogP contribution in [0, 0.1) is 28.9 Å². The Kier molecular flexibility index (Phi) is 9.20. The van der Waals surface area contributed by atoms with Crippen molar-refractivity contribution in [2.75, 3.05) is 48.3 Å². The summed E-state index contributed by atoms with van der Waals surface area (Å²) in [6.45, 7) is 5.87. The molecule has 0 spiro atoms. The Hall–Kier alpha value is -5.00. The molecule has 5 aromatic rings. The van der Waals surface area contributed by atoms with Gasteiger partial charge in [0.2, 0.25) is 0 Å². The van der Waals surface area contributed by atoms with Gasteiger partial charge in [0, 0.05) is 59.8 Å². The van der Waals surface area contributed by atoms with E-state index in [4.69, 9.17) is 10.00 Å². The van der Waals surface area contributed by atoms with Gasteiger partial charge in [-0.25, -0.2) is 27.8 Å². The highest BCUT2D eigenvalue weighted by Gasteiger charge is 2.44. The van der Waals surface area contributed by atoms with Gasteiger partial charge in [-0.3, -0.25) is 0 Å². The average Bonchev–Trinajstić information content (AvgIpc) is 3.88. The van der Waals surface area contributed by atoms with Gasteiger partial charge in [-0.1, -0.05) is 6.07 Å². The minimum absolute atomic E-state index is 0.172. The maximum Gasteiger partial charge on any atom is 0.351 e. The molecule has 2 fully saturated rings. The number of anilines is 2. The largest absolute Gasteiger partial charge is 0.368 e. The van der Waals surface area contributed by atoms with E-state index in [1.165, 1.54) is 39.7 Å². The van der Waals surface area contributed by atoms with E-state index in [0.717, 1.165) is 48.6 Å². The summed E-state index contributed by atoms with van der Waals surface area (Å²) in [5, 5.41) is 17.4. The first-order chi connectivity index (χ1) is 23.8. The van der Waals surface area contributed by atoms with Crippen molar-refractivity contribution in [1.82, 2.24) is 29.1 Å². The van der Waals surface area contributed by atoms with Crippen molar-refractivity contribution in [1.29, 1.82) is 5.26 Å². The lowest BCUT2D eigenvalue weighted by Gasteiger charge is -2.37. The van der Waals surface area contributed by atoms with Gasteiger partial charge < -0.3 is 14.5 Å². The first kappa shape index (κ1) is 32.5. The molecule has 0 saturated carbocycles. The predicted octanol–water partition coefficient (Wildman–Crippen LogP) is 5.04. The van der Waals surface area contributed by atoms with Crippen LogP contribution in [0.25, 0.3) is 5.69 Å². The molecule has 14 heteroatoms. The SMILES string of the molecule is CC(C#N)n1ncn(-c2ccc(N3CCN(c4ccc(SCC5COC(Cn6cncn6)(c6ccc(F)cc6F)C5)cc4)CC3)cc2)c1=O. The summed E-state index contributed by atoms with van der Waals surface area (Å²) in [6, 6.07) is 21.5. The Bertz CT molecular complexity index is 1990. The highest BCUT2D eigenvalue weighted by atomic mass is 32.2. The zero-order chi connectivity index (χ0) is 34.0. The van der Waals surface area contributed by atoms with Crippen molar-refractivity contribution < 1.29 is 13.5 Å². The fourth-order valence-corrected chi connectivity index (χ4v) is 7.59. The molecule has 0 aliphatic carbocycles. The van der Waals surface area contributed by atoms with Crippen LogP contribution in [0.2, 0.25) is 0 Å². The van der Waals surface area contributed by atoms with Crippen LogP contribution in [0.3, 0.4) is 0 Å². The standard InChI is InChI=1S/C35H35F2N9O2S/c1-25(18-38)46-34(47)45(24-41-46)30-5-3-28(4-6-30)42-12-14-43(15-13-42)29-7-9-31(10-8-29)49-20-26-17-35(48-19-26,21-44-23-39-22-40-44)32-11-2-27(36)16-33(32)37/h2-11,16,22-26H,12-15,17,19-21H2,1H3. The Labute approximate surface area is 286 Å². The van der Waals surface area contributed by atoms with E-state index in [0.29, 0.717) is 30.8 Å². The van der Waals surface area contributed by atoms with Crippen LogP contribution >= 0.6 is 11.8 Å². The van der Waals surface area contributed by atoms with Crippen LogP contribution in [-0.4, -0.2) is 67.7 Å². The molecule has 49 heavy (non-hydrogen) atoms. The first-order valence-electron chi connectivity index (χ1n) is 16.1. The fourth-order valence-electron chi connectivity index (χ4n) is 6.61. The van der Waals surface area contributed by atoms with Crippen molar-refractivity contribution in [3.8, 4) is 11.8 Å². The molecule has 3 aromatic carbocycles. The molecule has 0 amide bonds. The summed E-state index contributed by atoms with van der Waals surface area (Å²) >= 11 is 1.75. The molecule has 2 aliphatic rings. The molecular formula is C35H35F2N9O2S. The number of aromatic nitrogens is 6. The summed E-state index contributed by atoms with van der Waals surface area (Å²) < 4.78 is 39.3. The quantitative estimate of drug-likeness (QED) is 0.187. The number of halogens is 2. The summed E-state index contributed by atoms with van der Waals surface area (Å²) in [7, 11) is 0. The third-order valence-electron chi connectivity index (χ3n) is 9.23.